The number of aryl methyl sites for hydroxylation is 1. The monoisotopic (exact) mass is 341 g/mol. The quantitative estimate of drug-likeness (QED) is 0.845. The summed E-state index contributed by atoms with van der Waals surface area (Å²) in [6.45, 7) is 3.90. The molecule has 1 aliphatic rings. The minimum atomic E-state index is -0.0422. The zero-order valence-electron chi connectivity index (χ0n) is 14.8. The molecular formula is C19H25N4O2. The standard InChI is InChI=1S/C19H25N4O2/c1-14-17(13-21-22-14)15-6-5-7-16(12-15)25-11-10-23(2)19(24)18-8-3-4-9-20-18/h6-7,12-13,18,20H,3-4,8-11H2,1-2H3,(H,21,22)/t18-/m1/s1. The van der Waals surface area contributed by atoms with Crippen molar-refractivity contribution in [2.24, 2.45) is 0 Å². The van der Waals surface area contributed by atoms with Gasteiger partial charge in [0.25, 0.3) is 0 Å². The second kappa shape index (κ2) is 8.16. The minimum absolute atomic E-state index is 0.0422. The lowest BCUT2D eigenvalue weighted by Crippen LogP contribution is -2.48. The van der Waals surface area contributed by atoms with E-state index in [1.807, 2.05) is 38.4 Å². The number of rotatable bonds is 6. The summed E-state index contributed by atoms with van der Waals surface area (Å²) in [6.07, 6.45) is 5.06. The second-order valence-corrected chi connectivity index (χ2v) is 6.45. The lowest BCUT2D eigenvalue weighted by Gasteiger charge is -2.27. The van der Waals surface area contributed by atoms with Crippen LogP contribution in [0.25, 0.3) is 11.1 Å². The Morgan fingerprint density at radius 2 is 2.32 bits per heavy atom. The summed E-state index contributed by atoms with van der Waals surface area (Å²) >= 11 is 0. The molecule has 0 spiro atoms. The Kier molecular flexibility index (Phi) is 5.71. The number of carbonyl (C=O) groups is 1. The van der Waals surface area contributed by atoms with Crippen LogP contribution in [0, 0.1) is 13.0 Å². The summed E-state index contributed by atoms with van der Waals surface area (Å²) in [5.74, 6) is 0.896. The summed E-state index contributed by atoms with van der Waals surface area (Å²) in [5, 5.41) is 10.3. The van der Waals surface area contributed by atoms with Gasteiger partial charge in [-0.15, -0.1) is 0 Å². The normalized spacial score (nSPS) is 17.3. The molecule has 2 N–H and O–H groups in total. The van der Waals surface area contributed by atoms with Crippen LogP contribution in [0.4, 0.5) is 0 Å². The van der Waals surface area contributed by atoms with Crippen molar-refractivity contribution in [3.8, 4) is 16.9 Å². The first-order valence-electron chi connectivity index (χ1n) is 8.78. The molecule has 3 rings (SSSR count). The van der Waals surface area contributed by atoms with Gasteiger partial charge in [-0.1, -0.05) is 6.42 Å². The first-order valence-corrected chi connectivity index (χ1v) is 8.78. The van der Waals surface area contributed by atoms with Crippen LogP contribution in [0.2, 0.25) is 0 Å². The van der Waals surface area contributed by atoms with E-state index in [1.165, 1.54) is 0 Å². The van der Waals surface area contributed by atoms with Crippen LogP contribution in [-0.4, -0.2) is 53.8 Å². The first-order chi connectivity index (χ1) is 12.1. The summed E-state index contributed by atoms with van der Waals surface area (Å²) in [4.78, 5) is 14.1. The SMILES string of the molecule is Cc1n[nH]cc1-c1c[c]cc(OCCN(C)C(=O)[C@H]2CCCCN2)c1. The van der Waals surface area contributed by atoms with Crippen molar-refractivity contribution in [2.45, 2.75) is 32.2 Å². The third kappa shape index (κ3) is 4.39. The molecular weight excluding hydrogens is 316 g/mol. The molecule has 6 heteroatoms. The Bertz CT molecular complexity index is 707. The number of carbonyl (C=O) groups excluding carboxylic acids is 1. The fourth-order valence-electron chi connectivity index (χ4n) is 3.08. The van der Waals surface area contributed by atoms with Crippen LogP contribution in [0.3, 0.4) is 0 Å². The van der Waals surface area contributed by atoms with E-state index in [4.69, 9.17) is 4.74 Å². The Hall–Kier alpha value is -2.34. The number of ether oxygens (including phenoxy) is 1. The highest BCUT2D eigenvalue weighted by Gasteiger charge is 2.23. The first kappa shape index (κ1) is 17.5. The molecule has 1 saturated heterocycles. The van der Waals surface area contributed by atoms with Crippen molar-refractivity contribution in [3.05, 3.63) is 36.2 Å². The number of aromatic amines is 1. The van der Waals surface area contributed by atoms with Crippen LogP contribution in [0.1, 0.15) is 25.0 Å². The van der Waals surface area contributed by atoms with Crippen molar-refractivity contribution < 1.29 is 9.53 Å². The molecule has 0 unspecified atom stereocenters. The number of piperidine rings is 1. The average Bonchev–Trinajstić information content (AvgIpc) is 3.08. The number of hydrogen-bond donors (Lipinski definition) is 2. The molecule has 1 amide bonds. The fourth-order valence-corrected chi connectivity index (χ4v) is 3.08. The average molecular weight is 341 g/mol. The second-order valence-electron chi connectivity index (χ2n) is 6.45. The molecule has 133 valence electrons. The number of nitrogens with one attached hydrogen (secondary N) is 2. The Balaban J connectivity index is 1.52. The zero-order valence-corrected chi connectivity index (χ0v) is 14.8. The number of amides is 1. The van der Waals surface area contributed by atoms with Gasteiger partial charge in [0.15, 0.2) is 0 Å². The number of benzene rings is 1. The maximum atomic E-state index is 12.4. The molecule has 1 atom stereocenters. The van der Waals surface area contributed by atoms with Crippen LogP contribution in [0.15, 0.2) is 24.4 Å². The van der Waals surface area contributed by atoms with Crippen molar-refractivity contribution in [2.75, 3.05) is 26.7 Å². The molecule has 2 aromatic rings. The third-order valence-electron chi connectivity index (χ3n) is 4.58. The highest BCUT2D eigenvalue weighted by atomic mass is 16.5. The van der Waals surface area contributed by atoms with Gasteiger partial charge in [0, 0.05) is 18.8 Å². The molecule has 0 aliphatic carbocycles. The summed E-state index contributed by atoms with van der Waals surface area (Å²) in [5.41, 5.74) is 2.99. The van der Waals surface area contributed by atoms with E-state index in [0.29, 0.717) is 13.2 Å². The van der Waals surface area contributed by atoms with Gasteiger partial charge in [0.05, 0.1) is 18.3 Å². The van der Waals surface area contributed by atoms with Crippen molar-refractivity contribution in [1.82, 2.24) is 20.4 Å². The van der Waals surface area contributed by atoms with E-state index in [9.17, 15) is 4.79 Å². The highest BCUT2D eigenvalue weighted by Crippen LogP contribution is 2.25. The summed E-state index contributed by atoms with van der Waals surface area (Å²) < 4.78 is 5.82. The molecule has 1 radical (unpaired) electrons. The molecule has 2 heterocycles. The van der Waals surface area contributed by atoms with E-state index < -0.39 is 0 Å². The number of H-pyrrole nitrogens is 1. The lowest BCUT2D eigenvalue weighted by atomic mass is 10.0. The highest BCUT2D eigenvalue weighted by molar-refractivity contribution is 5.81. The van der Waals surface area contributed by atoms with Gasteiger partial charge in [0.2, 0.25) is 5.91 Å². The van der Waals surface area contributed by atoms with Gasteiger partial charge in [-0.25, -0.2) is 0 Å². The van der Waals surface area contributed by atoms with Gasteiger partial charge in [-0.3, -0.25) is 9.89 Å². The molecule has 1 aromatic carbocycles. The third-order valence-corrected chi connectivity index (χ3v) is 4.58. The topological polar surface area (TPSA) is 70.2 Å². The Labute approximate surface area is 148 Å². The van der Waals surface area contributed by atoms with Gasteiger partial charge in [0.1, 0.15) is 12.4 Å². The molecule has 1 fully saturated rings. The largest absolute Gasteiger partial charge is 0.492 e. The van der Waals surface area contributed by atoms with Crippen molar-refractivity contribution in [3.63, 3.8) is 0 Å². The van der Waals surface area contributed by atoms with Gasteiger partial charge in [-0.05, 0) is 56.1 Å². The van der Waals surface area contributed by atoms with Crippen LogP contribution < -0.4 is 10.1 Å². The smallest absolute Gasteiger partial charge is 0.239 e. The molecule has 6 nitrogen and oxygen atoms in total. The van der Waals surface area contributed by atoms with Crippen molar-refractivity contribution in [1.29, 1.82) is 0 Å². The maximum Gasteiger partial charge on any atom is 0.239 e. The number of nitrogens with zero attached hydrogens (tertiary/aromatic N) is 2. The van der Waals surface area contributed by atoms with E-state index in [0.717, 1.165) is 48.4 Å². The molecule has 0 saturated carbocycles. The summed E-state index contributed by atoms with van der Waals surface area (Å²) in [7, 11) is 1.83. The summed E-state index contributed by atoms with van der Waals surface area (Å²) in [6, 6.07) is 8.75. The van der Waals surface area contributed by atoms with Gasteiger partial charge >= 0.3 is 0 Å². The van der Waals surface area contributed by atoms with Crippen LogP contribution in [0.5, 0.6) is 5.75 Å². The van der Waals surface area contributed by atoms with Gasteiger partial charge in [-0.2, -0.15) is 5.10 Å². The van der Waals surface area contributed by atoms with Gasteiger partial charge < -0.3 is 15.0 Å². The van der Waals surface area contributed by atoms with E-state index >= 15 is 0 Å². The van der Waals surface area contributed by atoms with E-state index in [2.05, 4.69) is 21.6 Å². The molecule has 0 bridgehead atoms. The maximum absolute atomic E-state index is 12.4. The predicted octanol–water partition coefficient (Wildman–Crippen LogP) is 2.16. The number of hydrogen-bond acceptors (Lipinski definition) is 4. The number of likely N-dealkylation sites (N-methyl/N-ethyl adjacent to an activating group) is 1. The minimum Gasteiger partial charge on any atom is -0.492 e. The zero-order chi connectivity index (χ0) is 17.6. The van der Waals surface area contributed by atoms with E-state index in [1.54, 1.807) is 4.90 Å². The van der Waals surface area contributed by atoms with Crippen molar-refractivity contribution >= 4 is 5.91 Å². The molecule has 1 aliphatic heterocycles. The van der Waals surface area contributed by atoms with Crippen LogP contribution >= 0.6 is 0 Å². The fraction of sp³-hybridized carbons (Fsp3) is 0.474. The molecule has 25 heavy (non-hydrogen) atoms. The Morgan fingerprint density at radius 1 is 1.44 bits per heavy atom. The van der Waals surface area contributed by atoms with E-state index in [-0.39, 0.29) is 11.9 Å². The predicted molar refractivity (Wildman–Crippen MR) is 96.4 cm³/mol. The lowest BCUT2D eigenvalue weighted by molar-refractivity contribution is -0.133. The van der Waals surface area contributed by atoms with Crippen LogP contribution in [-0.2, 0) is 4.79 Å². The molecule has 1 aromatic heterocycles. The Morgan fingerprint density at radius 3 is 3.04 bits per heavy atom. The number of aromatic nitrogens is 2.